The Bertz CT molecular complexity index is 1470. The second-order valence-electron chi connectivity index (χ2n) is 11.0. The second-order valence-corrected chi connectivity index (χ2v) is 12.9. The number of aryl methyl sites for hydroxylation is 1. The fourth-order valence-electron chi connectivity index (χ4n) is 4.27. The lowest BCUT2D eigenvalue weighted by Crippen LogP contribution is -2.54. The van der Waals surface area contributed by atoms with Crippen LogP contribution in [-0.2, 0) is 26.2 Å². The van der Waals surface area contributed by atoms with Crippen LogP contribution in [-0.4, -0.2) is 57.0 Å². The third kappa shape index (κ3) is 8.48. The summed E-state index contributed by atoms with van der Waals surface area (Å²) in [6.07, 6.45) is 0. The van der Waals surface area contributed by atoms with Gasteiger partial charge in [0.25, 0.3) is 10.0 Å². The van der Waals surface area contributed by atoms with E-state index in [0.29, 0.717) is 23.8 Å². The van der Waals surface area contributed by atoms with Gasteiger partial charge < -0.3 is 19.7 Å². The predicted molar refractivity (Wildman–Crippen MR) is 164 cm³/mol. The van der Waals surface area contributed by atoms with E-state index in [0.717, 1.165) is 15.4 Å². The Morgan fingerprint density at radius 1 is 0.952 bits per heavy atom. The number of carbonyl (C=O) groups excluding carboxylic acids is 2. The lowest BCUT2D eigenvalue weighted by molar-refractivity contribution is -0.140. The number of sulfonamides is 1. The highest BCUT2D eigenvalue weighted by atomic mass is 32.2. The normalized spacial score (nSPS) is 12.3. The van der Waals surface area contributed by atoms with Crippen molar-refractivity contribution >= 4 is 27.5 Å². The Kier molecular flexibility index (Phi) is 10.6. The Hall–Kier alpha value is -4.05. The highest BCUT2D eigenvalue weighted by molar-refractivity contribution is 7.92. The highest BCUT2D eigenvalue weighted by Gasteiger charge is 2.33. The van der Waals surface area contributed by atoms with E-state index in [-0.39, 0.29) is 17.3 Å². The maximum atomic E-state index is 14.1. The number of hydrogen-bond acceptors (Lipinski definition) is 6. The van der Waals surface area contributed by atoms with Gasteiger partial charge in [-0.3, -0.25) is 13.9 Å². The first kappa shape index (κ1) is 32.5. The third-order valence-electron chi connectivity index (χ3n) is 6.48. The van der Waals surface area contributed by atoms with E-state index in [1.165, 1.54) is 17.0 Å². The zero-order valence-corrected chi connectivity index (χ0v) is 26.2. The van der Waals surface area contributed by atoms with Crippen molar-refractivity contribution in [2.24, 2.45) is 0 Å². The molecule has 0 unspecified atom stereocenters. The zero-order chi connectivity index (χ0) is 31.1. The van der Waals surface area contributed by atoms with Crippen molar-refractivity contribution in [3.8, 4) is 11.5 Å². The average molecular weight is 596 g/mol. The lowest BCUT2D eigenvalue weighted by Gasteiger charge is -2.33. The number of hydrogen-bond donors (Lipinski definition) is 1. The third-order valence-corrected chi connectivity index (χ3v) is 8.26. The molecular formula is C32H41N3O6S. The highest BCUT2D eigenvalue weighted by Crippen LogP contribution is 2.27. The zero-order valence-electron chi connectivity index (χ0n) is 25.4. The van der Waals surface area contributed by atoms with Gasteiger partial charge in [0, 0.05) is 12.1 Å². The number of methoxy groups -OCH3 is 1. The molecule has 0 spiro atoms. The summed E-state index contributed by atoms with van der Waals surface area (Å²) in [6.45, 7) is 10.9. The van der Waals surface area contributed by atoms with E-state index in [9.17, 15) is 18.0 Å². The van der Waals surface area contributed by atoms with Crippen molar-refractivity contribution in [1.29, 1.82) is 0 Å². The van der Waals surface area contributed by atoms with Crippen molar-refractivity contribution in [2.45, 2.75) is 64.6 Å². The molecule has 0 heterocycles. The number of rotatable bonds is 12. The fraction of sp³-hybridized carbons (Fsp3) is 0.375. The number of carbonyl (C=O) groups is 2. The maximum absolute atomic E-state index is 14.1. The van der Waals surface area contributed by atoms with E-state index in [2.05, 4.69) is 5.32 Å². The van der Waals surface area contributed by atoms with Crippen LogP contribution in [0.15, 0.2) is 77.7 Å². The van der Waals surface area contributed by atoms with Crippen LogP contribution in [0.25, 0.3) is 0 Å². The van der Waals surface area contributed by atoms with E-state index in [1.54, 1.807) is 68.6 Å². The molecule has 9 nitrogen and oxygen atoms in total. The van der Waals surface area contributed by atoms with Gasteiger partial charge >= 0.3 is 0 Å². The van der Waals surface area contributed by atoms with Crippen molar-refractivity contribution in [3.63, 3.8) is 0 Å². The fourth-order valence-corrected chi connectivity index (χ4v) is 5.68. The summed E-state index contributed by atoms with van der Waals surface area (Å²) in [5.74, 6) is 0.281. The number of nitrogens with zero attached hydrogens (tertiary/aromatic N) is 2. The molecule has 0 radical (unpaired) electrons. The molecule has 1 atom stereocenters. The molecule has 1 N–H and O–H groups in total. The first-order chi connectivity index (χ1) is 19.7. The molecule has 0 bridgehead atoms. The molecule has 42 heavy (non-hydrogen) atoms. The van der Waals surface area contributed by atoms with E-state index >= 15 is 0 Å². The maximum Gasteiger partial charge on any atom is 0.264 e. The van der Waals surface area contributed by atoms with Crippen LogP contribution < -0.4 is 19.1 Å². The molecule has 0 aliphatic carbocycles. The Morgan fingerprint density at radius 2 is 1.60 bits per heavy atom. The van der Waals surface area contributed by atoms with Gasteiger partial charge in [-0.1, -0.05) is 29.8 Å². The summed E-state index contributed by atoms with van der Waals surface area (Å²) in [6, 6.07) is 19.3. The molecule has 3 aromatic carbocycles. The van der Waals surface area contributed by atoms with Crippen LogP contribution in [0.4, 0.5) is 5.69 Å². The molecule has 3 aromatic rings. The van der Waals surface area contributed by atoms with Crippen LogP contribution in [0.1, 0.15) is 45.7 Å². The van der Waals surface area contributed by atoms with Gasteiger partial charge in [0.2, 0.25) is 11.8 Å². The molecule has 226 valence electrons. The van der Waals surface area contributed by atoms with E-state index in [1.807, 2.05) is 40.7 Å². The van der Waals surface area contributed by atoms with Gasteiger partial charge in [0.15, 0.2) is 0 Å². The van der Waals surface area contributed by atoms with Crippen LogP contribution in [0.2, 0.25) is 0 Å². The predicted octanol–water partition coefficient (Wildman–Crippen LogP) is 4.93. The molecule has 0 saturated carbocycles. The van der Waals surface area contributed by atoms with Crippen molar-refractivity contribution < 1.29 is 27.5 Å². The van der Waals surface area contributed by atoms with Gasteiger partial charge in [-0.15, -0.1) is 0 Å². The average Bonchev–Trinajstić information content (AvgIpc) is 2.94. The van der Waals surface area contributed by atoms with Crippen molar-refractivity contribution in [2.75, 3.05) is 24.6 Å². The number of amides is 2. The SMILES string of the molecule is CCOc1ccc(N(CC(=O)N(Cc2cccc(OC)c2)[C@H](C)C(=O)NC(C)(C)C)S(=O)(=O)c2ccc(C)cc2)cc1. The van der Waals surface area contributed by atoms with Gasteiger partial charge in [-0.25, -0.2) is 8.42 Å². The topological polar surface area (TPSA) is 105 Å². The van der Waals surface area contributed by atoms with E-state index < -0.39 is 34.1 Å². The summed E-state index contributed by atoms with van der Waals surface area (Å²) in [4.78, 5) is 28.8. The summed E-state index contributed by atoms with van der Waals surface area (Å²) in [5, 5.41) is 2.92. The van der Waals surface area contributed by atoms with Crippen LogP contribution in [0.5, 0.6) is 11.5 Å². The first-order valence-electron chi connectivity index (χ1n) is 13.8. The standard InChI is InChI=1S/C32H41N3O6S/c1-8-41-27-16-14-26(15-17-27)35(42(38,39)29-18-12-23(2)13-19-29)22-30(36)34(24(3)31(37)33-32(4,5)6)21-25-10-9-11-28(20-25)40-7/h9-20,24H,8,21-22H2,1-7H3,(H,33,37)/t24-/m1/s1. The number of nitrogens with one attached hydrogen (secondary N) is 1. The summed E-state index contributed by atoms with van der Waals surface area (Å²) in [5.41, 5.74) is 1.40. The Morgan fingerprint density at radius 3 is 2.17 bits per heavy atom. The number of anilines is 1. The molecule has 3 rings (SSSR count). The number of benzene rings is 3. The lowest BCUT2D eigenvalue weighted by atomic mass is 10.1. The molecule has 0 fully saturated rings. The molecule has 10 heteroatoms. The van der Waals surface area contributed by atoms with E-state index in [4.69, 9.17) is 9.47 Å². The smallest absolute Gasteiger partial charge is 0.264 e. The quantitative estimate of drug-likeness (QED) is 0.318. The second kappa shape index (κ2) is 13.7. The molecule has 0 saturated heterocycles. The Labute approximate surface area is 249 Å². The van der Waals surface area contributed by atoms with Gasteiger partial charge in [-0.05, 0) is 95.6 Å². The molecule has 0 aliphatic rings. The molecular weight excluding hydrogens is 554 g/mol. The Balaban J connectivity index is 2.05. The summed E-state index contributed by atoms with van der Waals surface area (Å²) < 4.78 is 39.9. The van der Waals surface area contributed by atoms with Crippen molar-refractivity contribution in [1.82, 2.24) is 10.2 Å². The van der Waals surface area contributed by atoms with Crippen LogP contribution in [0, 0.1) is 6.92 Å². The largest absolute Gasteiger partial charge is 0.497 e. The minimum Gasteiger partial charge on any atom is -0.497 e. The monoisotopic (exact) mass is 595 g/mol. The van der Waals surface area contributed by atoms with Gasteiger partial charge in [0.1, 0.15) is 24.1 Å². The van der Waals surface area contributed by atoms with Gasteiger partial charge in [-0.2, -0.15) is 0 Å². The summed E-state index contributed by atoms with van der Waals surface area (Å²) in [7, 11) is -2.61. The van der Waals surface area contributed by atoms with Crippen LogP contribution in [0.3, 0.4) is 0 Å². The molecule has 0 aliphatic heterocycles. The van der Waals surface area contributed by atoms with Gasteiger partial charge in [0.05, 0.1) is 24.3 Å². The minimum absolute atomic E-state index is 0.0488. The van der Waals surface area contributed by atoms with Crippen LogP contribution >= 0.6 is 0 Å². The minimum atomic E-state index is -4.16. The summed E-state index contributed by atoms with van der Waals surface area (Å²) >= 11 is 0. The molecule has 0 aromatic heterocycles. The number of ether oxygens (including phenoxy) is 2. The van der Waals surface area contributed by atoms with Crippen molar-refractivity contribution in [3.05, 3.63) is 83.9 Å². The molecule has 2 amide bonds. The first-order valence-corrected chi connectivity index (χ1v) is 15.3.